The molecule has 6 heteroatoms. The lowest BCUT2D eigenvalue weighted by molar-refractivity contribution is -0.00969. The van der Waals surface area contributed by atoms with Crippen molar-refractivity contribution in [1.82, 2.24) is 14.7 Å². The molecular formula is C12H18BrN3O2. The van der Waals surface area contributed by atoms with Gasteiger partial charge in [0.1, 0.15) is 0 Å². The number of morpholine rings is 1. The molecule has 0 aromatic carbocycles. The molecule has 0 radical (unpaired) electrons. The van der Waals surface area contributed by atoms with E-state index < -0.39 is 0 Å². The minimum Gasteiger partial charge on any atom is -0.374 e. The van der Waals surface area contributed by atoms with Gasteiger partial charge in [-0.1, -0.05) is 22.9 Å². The van der Waals surface area contributed by atoms with Gasteiger partial charge in [0.25, 0.3) is 5.91 Å². The van der Waals surface area contributed by atoms with Crippen molar-refractivity contribution in [2.75, 3.05) is 25.0 Å². The highest BCUT2D eigenvalue weighted by Gasteiger charge is 2.26. The van der Waals surface area contributed by atoms with Gasteiger partial charge in [-0.2, -0.15) is 5.10 Å². The fourth-order valence-electron chi connectivity index (χ4n) is 2.14. The Morgan fingerprint density at radius 1 is 1.67 bits per heavy atom. The molecule has 1 atom stereocenters. The molecule has 1 fully saturated rings. The highest BCUT2D eigenvalue weighted by Crippen LogP contribution is 2.15. The second-order valence-electron chi connectivity index (χ2n) is 4.41. The maximum Gasteiger partial charge on any atom is 0.257 e. The van der Waals surface area contributed by atoms with Crippen LogP contribution >= 0.6 is 15.9 Å². The fraction of sp³-hybridized carbons (Fsp3) is 0.667. The van der Waals surface area contributed by atoms with Crippen LogP contribution in [-0.4, -0.2) is 51.7 Å². The van der Waals surface area contributed by atoms with E-state index in [1.165, 1.54) is 0 Å². The topological polar surface area (TPSA) is 47.4 Å². The van der Waals surface area contributed by atoms with Crippen LogP contribution in [0.5, 0.6) is 0 Å². The summed E-state index contributed by atoms with van der Waals surface area (Å²) in [6.07, 6.45) is 2.66. The number of carbonyl (C=O) groups excluding carboxylic acids is 1. The number of amides is 1. The van der Waals surface area contributed by atoms with Crippen molar-refractivity contribution in [2.45, 2.75) is 19.4 Å². The predicted octanol–water partition coefficient (Wildman–Crippen LogP) is 1.22. The highest BCUT2D eigenvalue weighted by molar-refractivity contribution is 9.09. The number of carbonyl (C=O) groups is 1. The molecule has 1 aliphatic heterocycles. The van der Waals surface area contributed by atoms with Crippen LogP contribution in [0.2, 0.25) is 0 Å². The first kappa shape index (κ1) is 13.5. The summed E-state index contributed by atoms with van der Waals surface area (Å²) in [5, 5.41) is 5.07. The van der Waals surface area contributed by atoms with Gasteiger partial charge in [-0.15, -0.1) is 0 Å². The normalized spacial score (nSPS) is 20.2. The molecule has 100 valence electrons. The van der Waals surface area contributed by atoms with E-state index in [4.69, 9.17) is 4.74 Å². The summed E-state index contributed by atoms with van der Waals surface area (Å²) in [5.41, 5.74) is 1.58. The van der Waals surface area contributed by atoms with E-state index in [2.05, 4.69) is 21.0 Å². The van der Waals surface area contributed by atoms with Crippen molar-refractivity contribution in [3.8, 4) is 0 Å². The summed E-state index contributed by atoms with van der Waals surface area (Å²) >= 11 is 3.40. The van der Waals surface area contributed by atoms with E-state index in [-0.39, 0.29) is 12.0 Å². The first-order chi connectivity index (χ1) is 8.65. The van der Waals surface area contributed by atoms with Gasteiger partial charge < -0.3 is 9.64 Å². The zero-order chi connectivity index (χ0) is 13.1. The first-order valence-corrected chi connectivity index (χ1v) is 7.27. The SMILES string of the molecule is CCc1nn(C)cc1C(=O)N1CCOC(CBr)C1. The quantitative estimate of drug-likeness (QED) is 0.788. The Balaban J connectivity index is 2.14. The third-order valence-corrected chi connectivity index (χ3v) is 3.79. The molecule has 1 aromatic heterocycles. The molecule has 2 heterocycles. The Morgan fingerprint density at radius 2 is 2.44 bits per heavy atom. The van der Waals surface area contributed by atoms with Crippen LogP contribution in [0, 0.1) is 0 Å². The van der Waals surface area contributed by atoms with Gasteiger partial charge in [0.2, 0.25) is 0 Å². The highest BCUT2D eigenvalue weighted by atomic mass is 79.9. The maximum atomic E-state index is 12.5. The summed E-state index contributed by atoms with van der Waals surface area (Å²) in [6, 6.07) is 0. The molecule has 0 N–H and O–H groups in total. The minimum atomic E-state index is 0.0641. The molecule has 1 aliphatic rings. The second kappa shape index (κ2) is 5.84. The van der Waals surface area contributed by atoms with Crippen LogP contribution < -0.4 is 0 Å². The minimum absolute atomic E-state index is 0.0641. The van der Waals surface area contributed by atoms with Gasteiger partial charge in [-0.05, 0) is 6.42 Å². The van der Waals surface area contributed by atoms with E-state index in [1.54, 1.807) is 10.9 Å². The Labute approximate surface area is 115 Å². The van der Waals surface area contributed by atoms with Crippen LogP contribution in [0.3, 0.4) is 0 Å². The van der Waals surface area contributed by atoms with E-state index >= 15 is 0 Å². The monoisotopic (exact) mass is 315 g/mol. The van der Waals surface area contributed by atoms with Crippen LogP contribution in [-0.2, 0) is 18.2 Å². The standard InChI is InChI=1S/C12H18BrN3O2/c1-3-11-10(8-15(2)14-11)12(17)16-4-5-18-9(6-13)7-16/h8-9H,3-7H2,1-2H3. The number of nitrogens with zero attached hydrogens (tertiary/aromatic N) is 3. The lowest BCUT2D eigenvalue weighted by Crippen LogP contribution is -2.46. The van der Waals surface area contributed by atoms with Crippen LogP contribution in [0.15, 0.2) is 6.20 Å². The van der Waals surface area contributed by atoms with E-state index in [0.717, 1.165) is 23.0 Å². The maximum absolute atomic E-state index is 12.5. The predicted molar refractivity (Wildman–Crippen MR) is 72.0 cm³/mol. The molecule has 1 amide bonds. The Morgan fingerprint density at radius 3 is 3.11 bits per heavy atom. The Bertz CT molecular complexity index is 433. The van der Waals surface area contributed by atoms with Crippen molar-refractivity contribution in [2.24, 2.45) is 7.05 Å². The molecule has 2 rings (SSSR count). The summed E-state index contributed by atoms with van der Waals surface area (Å²) in [6.45, 7) is 3.91. The number of hydrogen-bond acceptors (Lipinski definition) is 3. The molecule has 0 saturated carbocycles. The number of aromatic nitrogens is 2. The summed E-state index contributed by atoms with van der Waals surface area (Å²) in [7, 11) is 1.84. The van der Waals surface area contributed by atoms with Crippen LogP contribution in [0.4, 0.5) is 0 Å². The van der Waals surface area contributed by atoms with E-state index in [0.29, 0.717) is 19.7 Å². The Kier molecular flexibility index (Phi) is 4.40. The molecule has 1 unspecified atom stereocenters. The number of hydrogen-bond donors (Lipinski definition) is 0. The number of ether oxygens (including phenoxy) is 1. The third kappa shape index (κ3) is 2.75. The largest absolute Gasteiger partial charge is 0.374 e. The average molecular weight is 316 g/mol. The zero-order valence-electron chi connectivity index (χ0n) is 10.7. The van der Waals surface area contributed by atoms with Gasteiger partial charge in [0, 0.05) is 31.7 Å². The third-order valence-electron chi connectivity index (χ3n) is 3.07. The first-order valence-electron chi connectivity index (χ1n) is 6.15. The van der Waals surface area contributed by atoms with Crippen molar-refractivity contribution in [3.05, 3.63) is 17.5 Å². The molecule has 1 aromatic rings. The van der Waals surface area contributed by atoms with Crippen LogP contribution in [0.1, 0.15) is 23.0 Å². The summed E-state index contributed by atoms with van der Waals surface area (Å²) in [4.78, 5) is 14.3. The summed E-state index contributed by atoms with van der Waals surface area (Å²) in [5.74, 6) is 0.0641. The van der Waals surface area contributed by atoms with Gasteiger partial charge in [0.05, 0.1) is 24.0 Å². The Hall–Kier alpha value is -0.880. The number of aryl methyl sites for hydroxylation is 2. The lowest BCUT2D eigenvalue weighted by atomic mass is 10.1. The van der Waals surface area contributed by atoms with Crippen molar-refractivity contribution in [3.63, 3.8) is 0 Å². The molecule has 0 aliphatic carbocycles. The van der Waals surface area contributed by atoms with Gasteiger partial charge >= 0.3 is 0 Å². The van der Waals surface area contributed by atoms with Crippen molar-refractivity contribution < 1.29 is 9.53 Å². The molecule has 5 nitrogen and oxygen atoms in total. The van der Waals surface area contributed by atoms with Gasteiger partial charge in [-0.25, -0.2) is 0 Å². The molecule has 0 spiro atoms. The van der Waals surface area contributed by atoms with Crippen LogP contribution in [0.25, 0.3) is 0 Å². The molecule has 0 bridgehead atoms. The number of halogens is 1. The van der Waals surface area contributed by atoms with Gasteiger partial charge in [0.15, 0.2) is 0 Å². The lowest BCUT2D eigenvalue weighted by Gasteiger charge is -2.32. The van der Waals surface area contributed by atoms with Crippen molar-refractivity contribution >= 4 is 21.8 Å². The molecular weight excluding hydrogens is 298 g/mol. The second-order valence-corrected chi connectivity index (χ2v) is 5.06. The van der Waals surface area contributed by atoms with E-state index in [1.807, 2.05) is 18.9 Å². The number of rotatable bonds is 3. The fourth-order valence-corrected chi connectivity index (χ4v) is 2.53. The summed E-state index contributed by atoms with van der Waals surface area (Å²) < 4.78 is 7.25. The van der Waals surface area contributed by atoms with Gasteiger partial charge in [-0.3, -0.25) is 9.48 Å². The molecule has 1 saturated heterocycles. The molecule has 18 heavy (non-hydrogen) atoms. The average Bonchev–Trinajstić information content (AvgIpc) is 2.79. The number of alkyl halides is 1. The zero-order valence-corrected chi connectivity index (χ0v) is 12.3. The van der Waals surface area contributed by atoms with E-state index in [9.17, 15) is 4.79 Å². The smallest absolute Gasteiger partial charge is 0.257 e. The van der Waals surface area contributed by atoms with Crippen molar-refractivity contribution in [1.29, 1.82) is 0 Å².